The van der Waals surface area contributed by atoms with Crippen molar-refractivity contribution in [1.29, 1.82) is 0 Å². The second-order valence-corrected chi connectivity index (χ2v) is 11.9. The highest BCUT2D eigenvalue weighted by atomic mass is 16.1. The number of nitrogens with zero attached hydrogens (tertiary/aromatic N) is 6. The van der Waals surface area contributed by atoms with Crippen molar-refractivity contribution in [3.63, 3.8) is 0 Å². The van der Waals surface area contributed by atoms with Crippen LogP contribution < -0.4 is 0 Å². The summed E-state index contributed by atoms with van der Waals surface area (Å²) in [6, 6.07) is 7.29. The topological polar surface area (TPSA) is 57.0 Å². The van der Waals surface area contributed by atoms with Crippen LogP contribution in [-0.4, -0.2) is 74.1 Å². The normalized spacial score (nSPS) is 20.3. The van der Waals surface area contributed by atoms with Gasteiger partial charge in [-0.1, -0.05) is 25.1 Å². The SMILES string of the molecule is C/C=C(/C1=CC(=C=O)N2CC(C)(C)N(C(C)C)C2=N1)c1cc(-c2cnn(C3CCN(CC)CC3)c2)ccc1C. The van der Waals surface area contributed by atoms with Crippen LogP contribution in [0.5, 0.6) is 0 Å². The summed E-state index contributed by atoms with van der Waals surface area (Å²) < 4.78 is 2.16. The van der Waals surface area contributed by atoms with E-state index in [1.54, 1.807) is 0 Å². The molecule has 7 heteroatoms. The first kappa shape index (κ1) is 27.2. The number of rotatable bonds is 6. The van der Waals surface area contributed by atoms with Gasteiger partial charge < -0.3 is 14.7 Å². The fraction of sp³-hybridized carbons (Fsp3) is 0.500. The molecule has 0 bridgehead atoms. The van der Waals surface area contributed by atoms with Crippen molar-refractivity contribution < 1.29 is 4.79 Å². The zero-order chi connectivity index (χ0) is 27.9. The molecule has 1 aromatic heterocycles. The predicted molar refractivity (Wildman–Crippen MR) is 159 cm³/mol. The average Bonchev–Trinajstić information content (AvgIpc) is 3.51. The fourth-order valence-electron chi connectivity index (χ4n) is 6.46. The van der Waals surface area contributed by atoms with Crippen LogP contribution in [0.1, 0.15) is 71.6 Å². The molecule has 3 aliphatic rings. The maximum absolute atomic E-state index is 12.1. The summed E-state index contributed by atoms with van der Waals surface area (Å²) in [5.74, 6) is 3.02. The summed E-state index contributed by atoms with van der Waals surface area (Å²) in [6.45, 7) is 19.2. The first-order valence-electron chi connectivity index (χ1n) is 14.3. The number of allylic oxidation sites excluding steroid dienone is 3. The highest BCUT2D eigenvalue weighted by Gasteiger charge is 2.45. The lowest BCUT2D eigenvalue weighted by Crippen LogP contribution is -2.47. The molecule has 4 heterocycles. The first-order valence-corrected chi connectivity index (χ1v) is 14.3. The van der Waals surface area contributed by atoms with Gasteiger partial charge in [-0.05, 0) is 89.8 Å². The maximum atomic E-state index is 12.1. The van der Waals surface area contributed by atoms with E-state index in [1.165, 1.54) is 5.56 Å². The molecular weight excluding hydrogens is 484 g/mol. The van der Waals surface area contributed by atoms with Crippen molar-refractivity contribution in [2.24, 2.45) is 4.99 Å². The highest BCUT2D eigenvalue weighted by Crippen LogP contribution is 2.38. The highest BCUT2D eigenvalue weighted by molar-refractivity contribution is 5.95. The lowest BCUT2D eigenvalue weighted by Gasteiger charge is -2.35. The van der Waals surface area contributed by atoms with E-state index in [4.69, 9.17) is 10.1 Å². The van der Waals surface area contributed by atoms with Crippen molar-refractivity contribution in [1.82, 2.24) is 24.5 Å². The van der Waals surface area contributed by atoms with Crippen LogP contribution in [0, 0.1) is 6.92 Å². The minimum absolute atomic E-state index is 0.141. The fourth-order valence-corrected chi connectivity index (χ4v) is 6.46. The van der Waals surface area contributed by atoms with Crippen LogP contribution in [0.3, 0.4) is 0 Å². The molecule has 1 aromatic carbocycles. The standard InChI is InChI=1S/C32H42N6O/c1-8-28(30-17-27(20-39)36-21-32(6,7)38(22(3)4)31(36)34-30)29-16-24(11-10-23(29)5)25-18-33-37(19-25)26-12-14-35(9-2)15-13-26/h8,10-11,16-19,22,26H,9,12-15,21H2,1-7H3/b28-8+. The molecule has 0 amide bonds. The van der Waals surface area contributed by atoms with Gasteiger partial charge in [-0.2, -0.15) is 5.10 Å². The van der Waals surface area contributed by atoms with Crippen LogP contribution in [0.25, 0.3) is 16.7 Å². The summed E-state index contributed by atoms with van der Waals surface area (Å²) in [6.07, 6.45) is 10.5. The van der Waals surface area contributed by atoms with Crippen LogP contribution in [0.2, 0.25) is 0 Å². The van der Waals surface area contributed by atoms with Crippen LogP contribution in [0.15, 0.2) is 59.1 Å². The number of likely N-dealkylation sites (tertiary alicyclic amines) is 1. The molecule has 7 nitrogen and oxygen atoms in total. The largest absolute Gasteiger partial charge is 0.333 e. The van der Waals surface area contributed by atoms with Gasteiger partial charge >= 0.3 is 0 Å². The molecule has 39 heavy (non-hydrogen) atoms. The van der Waals surface area contributed by atoms with Gasteiger partial charge in [-0.3, -0.25) is 4.68 Å². The van der Waals surface area contributed by atoms with E-state index in [0.717, 1.165) is 66.4 Å². The van der Waals surface area contributed by atoms with E-state index in [9.17, 15) is 4.79 Å². The summed E-state index contributed by atoms with van der Waals surface area (Å²) in [5, 5.41) is 4.76. The molecular formula is C32H42N6O. The molecule has 0 atom stereocenters. The van der Waals surface area contributed by atoms with Gasteiger partial charge in [0.15, 0.2) is 5.94 Å². The third kappa shape index (κ3) is 5.02. The molecule has 3 aliphatic heterocycles. The molecule has 5 rings (SSSR count). The van der Waals surface area contributed by atoms with Crippen molar-refractivity contribution >= 4 is 17.5 Å². The predicted octanol–water partition coefficient (Wildman–Crippen LogP) is 5.69. The van der Waals surface area contributed by atoms with Crippen molar-refractivity contribution in [2.45, 2.75) is 78.9 Å². The van der Waals surface area contributed by atoms with E-state index in [1.807, 2.05) is 24.1 Å². The molecule has 0 radical (unpaired) electrons. The number of hydrogen-bond donors (Lipinski definition) is 0. The van der Waals surface area contributed by atoms with Crippen molar-refractivity contribution in [2.75, 3.05) is 26.2 Å². The average molecular weight is 527 g/mol. The molecule has 0 N–H and O–H groups in total. The van der Waals surface area contributed by atoms with Gasteiger partial charge in [-0.15, -0.1) is 0 Å². The number of guanidine groups is 1. The zero-order valence-electron chi connectivity index (χ0n) is 24.5. The number of hydrogen-bond acceptors (Lipinski definition) is 6. The number of aromatic nitrogens is 2. The molecule has 206 valence electrons. The summed E-state index contributed by atoms with van der Waals surface area (Å²) in [7, 11) is 0. The Kier molecular flexibility index (Phi) is 7.41. The van der Waals surface area contributed by atoms with Crippen molar-refractivity contribution in [3.8, 4) is 11.1 Å². The Morgan fingerprint density at radius 3 is 2.59 bits per heavy atom. The smallest absolute Gasteiger partial charge is 0.207 e. The number of aryl methyl sites for hydroxylation is 1. The van der Waals surface area contributed by atoms with Crippen LogP contribution in [-0.2, 0) is 4.79 Å². The molecule has 0 unspecified atom stereocenters. The minimum Gasteiger partial charge on any atom is -0.333 e. The van der Waals surface area contributed by atoms with Crippen molar-refractivity contribution in [3.05, 3.63) is 65.3 Å². The van der Waals surface area contributed by atoms with Crippen LogP contribution >= 0.6 is 0 Å². The molecule has 0 spiro atoms. The third-order valence-electron chi connectivity index (χ3n) is 8.47. The number of carbonyl (C=O) groups excluding carboxylic acids is 1. The Bertz CT molecular complexity index is 1380. The number of fused-ring (bicyclic) bond motifs is 1. The van der Waals surface area contributed by atoms with E-state index in [-0.39, 0.29) is 11.6 Å². The first-order chi connectivity index (χ1) is 18.7. The Hall–Kier alpha value is -3.41. The van der Waals surface area contributed by atoms with Gasteiger partial charge in [0.05, 0.1) is 23.5 Å². The Morgan fingerprint density at radius 1 is 1.21 bits per heavy atom. The summed E-state index contributed by atoms with van der Waals surface area (Å²) in [5.41, 5.74) is 6.74. The summed E-state index contributed by atoms with van der Waals surface area (Å²) >= 11 is 0. The Morgan fingerprint density at radius 2 is 1.95 bits per heavy atom. The molecule has 0 saturated carbocycles. The third-order valence-corrected chi connectivity index (χ3v) is 8.47. The van der Waals surface area contributed by atoms with E-state index in [0.29, 0.717) is 18.3 Å². The van der Waals surface area contributed by atoms with E-state index in [2.05, 4.69) is 92.4 Å². The van der Waals surface area contributed by atoms with Gasteiger partial charge in [0.1, 0.15) is 5.70 Å². The molecule has 2 fully saturated rings. The van der Waals surface area contributed by atoms with Gasteiger partial charge in [-0.25, -0.2) is 9.79 Å². The zero-order valence-corrected chi connectivity index (χ0v) is 24.5. The lowest BCUT2D eigenvalue weighted by molar-refractivity contribution is 0.187. The van der Waals surface area contributed by atoms with Gasteiger partial charge in [0.25, 0.3) is 0 Å². The quantitative estimate of drug-likeness (QED) is 0.453. The minimum atomic E-state index is -0.141. The van der Waals surface area contributed by atoms with Crippen LogP contribution in [0.4, 0.5) is 0 Å². The second-order valence-electron chi connectivity index (χ2n) is 11.9. The summed E-state index contributed by atoms with van der Waals surface area (Å²) in [4.78, 5) is 24.1. The molecule has 2 aromatic rings. The second kappa shape index (κ2) is 10.6. The number of benzene rings is 1. The maximum Gasteiger partial charge on any atom is 0.207 e. The monoisotopic (exact) mass is 526 g/mol. The van der Waals surface area contributed by atoms with Gasteiger partial charge in [0, 0.05) is 43.0 Å². The molecule has 2 saturated heterocycles. The Labute approximate surface area is 233 Å². The van der Waals surface area contributed by atoms with Gasteiger partial charge in [0.2, 0.25) is 5.96 Å². The number of piperidine rings is 1. The van der Waals surface area contributed by atoms with E-state index < -0.39 is 0 Å². The molecule has 0 aliphatic carbocycles. The Balaban J connectivity index is 1.48. The van der Waals surface area contributed by atoms with E-state index >= 15 is 0 Å². The lowest BCUT2D eigenvalue weighted by atomic mass is 9.93. The number of aliphatic imine (C=N–C) groups is 1.